The average molecular weight is 156 g/mol. The summed E-state index contributed by atoms with van der Waals surface area (Å²) in [7, 11) is 1.59. The van der Waals surface area contributed by atoms with Crippen molar-refractivity contribution in [3.8, 4) is 30.4 Å². The highest BCUT2D eigenvalue weighted by Crippen LogP contribution is 2.15. The molecule has 0 radical (unpaired) electrons. The highest BCUT2D eigenvalue weighted by atomic mass is 16.5. The molecular weight excluding hydrogens is 148 g/mol. The smallest absolute Gasteiger partial charge is 0.120 e. The quantitative estimate of drug-likeness (QED) is 0.562. The summed E-state index contributed by atoms with van der Waals surface area (Å²) < 4.78 is 4.99. The summed E-state index contributed by atoms with van der Waals surface area (Å²) in [5, 5.41) is 0. The Kier molecular flexibility index (Phi) is 2.41. The first kappa shape index (κ1) is 8.24. The number of rotatable bonds is 1. The average Bonchev–Trinajstić information content (AvgIpc) is 2.16. The number of methoxy groups -OCH3 is 1. The van der Waals surface area contributed by atoms with Gasteiger partial charge in [0.1, 0.15) is 5.75 Å². The lowest BCUT2D eigenvalue weighted by Crippen LogP contribution is -1.87. The van der Waals surface area contributed by atoms with Gasteiger partial charge in [0.2, 0.25) is 0 Å². The summed E-state index contributed by atoms with van der Waals surface area (Å²) in [5.41, 5.74) is 1.41. The highest BCUT2D eigenvalue weighted by molar-refractivity contribution is 5.51. The fraction of sp³-hybridized carbons (Fsp3) is 0.0909. The van der Waals surface area contributed by atoms with Gasteiger partial charge in [0.15, 0.2) is 0 Å². The van der Waals surface area contributed by atoms with Crippen LogP contribution in [0.2, 0.25) is 0 Å². The van der Waals surface area contributed by atoms with Crippen molar-refractivity contribution in [1.82, 2.24) is 0 Å². The van der Waals surface area contributed by atoms with E-state index in [1.807, 2.05) is 0 Å². The minimum Gasteiger partial charge on any atom is -0.497 e. The maximum absolute atomic E-state index is 5.25. The minimum atomic E-state index is 0.692. The second kappa shape index (κ2) is 3.51. The first-order valence-electron chi connectivity index (χ1n) is 3.43. The van der Waals surface area contributed by atoms with Crippen molar-refractivity contribution in [2.75, 3.05) is 7.11 Å². The molecule has 0 N–H and O–H groups in total. The molecule has 58 valence electrons. The molecule has 0 amide bonds. The molecule has 1 rings (SSSR count). The van der Waals surface area contributed by atoms with Crippen molar-refractivity contribution >= 4 is 0 Å². The van der Waals surface area contributed by atoms with E-state index < -0.39 is 0 Å². The lowest BCUT2D eigenvalue weighted by molar-refractivity contribution is 0.414. The van der Waals surface area contributed by atoms with E-state index in [1.54, 1.807) is 25.3 Å². The number of benzene rings is 1. The van der Waals surface area contributed by atoms with Crippen LogP contribution in [-0.2, 0) is 0 Å². The van der Waals surface area contributed by atoms with Crippen LogP contribution in [0, 0.1) is 24.7 Å². The van der Waals surface area contributed by atoms with Gasteiger partial charge in [-0.05, 0) is 18.2 Å². The summed E-state index contributed by atoms with van der Waals surface area (Å²) in [6.45, 7) is 0. The predicted octanol–water partition coefficient (Wildman–Crippen LogP) is 1.66. The molecule has 0 aliphatic rings. The van der Waals surface area contributed by atoms with Gasteiger partial charge in [-0.25, -0.2) is 0 Å². The molecule has 1 aromatic rings. The fourth-order valence-corrected chi connectivity index (χ4v) is 0.896. The van der Waals surface area contributed by atoms with E-state index in [0.29, 0.717) is 5.56 Å². The fourth-order valence-electron chi connectivity index (χ4n) is 0.896. The Balaban J connectivity index is 3.25. The summed E-state index contributed by atoms with van der Waals surface area (Å²) in [6.07, 6.45) is 10.5. The molecule has 0 aromatic heterocycles. The molecule has 0 unspecified atom stereocenters. The third kappa shape index (κ3) is 1.41. The molecule has 0 heterocycles. The zero-order valence-corrected chi connectivity index (χ0v) is 6.79. The van der Waals surface area contributed by atoms with Gasteiger partial charge >= 0.3 is 0 Å². The van der Waals surface area contributed by atoms with Gasteiger partial charge in [0.25, 0.3) is 0 Å². The monoisotopic (exact) mass is 156 g/mol. The summed E-state index contributed by atoms with van der Waals surface area (Å²) in [5.74, 6) is 5.72. The minimum absolute atomic E-state index is 0.692. The number of hydrogen-bond donors (Lipinski definition) is 0. The van der Waals surface area contributed by atoms with Gasteiger partial charge in [-0.1, -0.05) is 11.8 Å². The zero-order valence-electron chi connectivity index (χ0n) is 6.79. The van der Waals surface area contributed by atoms with Crippen LogP contribution in [0.4, 0.5) is 0 Å². The Bertz CT molecular complexity index is 364. The molecule has 0 saturated heterocycles. The molecule has 0 fully saturated rings. The Morgan fingerprint density at radius 3 is 2.33 bits per heavy atom. The molecular formula is C11H8O. The molecule has 0 atom stereocenters. The van der Waals surface area contributed by atoms with Gasteiger partial charge in [-0.15, -0.1) is 12.8 Å². The van der Waals surface area contributed by atoms with Crippen molar-refractivity contribution in [2.24, 2.45) is 0 Å². The summed E-state index contributed by atoms with van der Waals surface area (Å²) in [6, 6.07) is 5.30. The van der Waals surface area contributed by atoms with Gasteiger partial charge < -0.3 is 4.74 Å². The van der Waals surface area contributed by atoms with Crippen LogP contribution in [-0.4, -0.2) is 7.11 Å². The molecule has 1 aromatic carbocycles. The Morgan fingerprint density at radius 2 is 1.83 bits per heavy atom. The van der Waals surface area contributed by atoms with Gasteiger partial charge in [0, 0.05) is 11.1 Å². The Hall–Kier alpha value is -1.86. The molecule has 1 heteroatoms. The first-order valence-corrected chi connectivity index (χ1v) is 3.43. The molecule has 0 aliphatic heterocycles. The molecule has 0 bridgehead atoms. The highest BCUT2D eigenvalue weighted by Gasteiger charge is 1.98. The normalized spacial score (nSPS) is 8.25. The zero-order chi connectivity index (χ0) is 8.97. The van der Waals surface area contributed by atoms with Crippen LogP contribution in [0.5, 0.6) is 5.75 Å². The van der Waals surface area contributed by atoms with E-state index >= 15 is 0 Å². The molecule has 1 nitrogen and oxygen atoms in total. The van der Waals surface area contributed by atoms with Crippen LogP contribution in [0.3, 0.4) is 0 Å². The van der Waals surface area contributed by atoms with Crippen molar-refractivity contribution in [2.45, 2.75) is 0 Å². The second-order valence-corrected chi connectivity index (χ2v) is 2.20. The Morgan fingerprint density at radius 1 is 1.17 bits per heavy atom. The van der Waals surface area contributed by atoms with Crippen molar-refractivity contribution in [3.63, 3.8) is 0 Å². The summed E-state index contributed by atoms with van der Waals surface area (Å²) in [4.78, 5) is 0. The van der Waals surface area contributed by atoms with Gasteiger partial charge in [0.05, 0.1) is 7.11 Å². The molecule has 0 aliphatic carbocycles. The van der Waals surface area contributed by atoms with Gasteiger partial charge in [-0.3, -0.25) is 0 Å². The van der Waals surface area contributed by atoms with E-state index in [-0.39, 0.29) is 0 Å². The lowest BCUT2D eigenvalue weighted by atomic mass is 10.1. The lowest BCUT2D eigenvalue weighted by Gasteiger charge is -2.01. The van der Waals surface area contributed by atoms with Crippen LogP contribution in [0.1, 0.15) is 11.1 Å². The van der Waals surface area contributed by atoms with Crippen LogP contribution in [0.15, 0.2) is 18.2 Å². The second-order valence-electron chi connectivity index (χ2n) is 2.20. The summed E-state index contributed by atoms with van der Waals surface area (Å²) >= 11 is 0. The molecule has 0 spiro atoms. The standard InChI is InChI=1S/C11H8O/c1-4-9-6-7-11(12-3)8-10(9)5-2/h1-2,6-8H,3H3. The maximum Gasteiger partial charge on any atom is 0.120 e. The largest absolute Gasteiger partial charge is 0.497 e. The van der Waals surface area contributed by atoms with E-state index in [4.69, 9.17) is 17.6 Å². The van der Waals surface area contributed by atoms with E-state index in [0.717, 1.165) is 11.3 Å². The first-order chi connectivity index (χ1) is 5.81. The number of terminal acetylenes is 2. The molecule has 0 saturated carbocycles. The van der Waals surface area contributed by atoms with E-state index in [9.17, 15) is 0 Å². The van der Waals surface area contributed by atoms with E-state index in [1.165, 1.54) is 0 Å². The topological polar surface area (TPSA) is 9.23 Å². The number of ether oxygens (including phenoxy) is 1. The Labute approximate surface area is 72.4 Å². The maximum atomic E-state index is 5.25. The third-order valence-corrected chi connectivity index (χ3v) is 1.54. The third-order valence-electron chi connectivity index (χ3n) is 1.54. The van der Waals surface area contributed by atoms with Crippen LogP contribution in [0.25, 0.3) is 0 Å². The van der Waals surface area contributed by atoms with Crippen molar-refractivity contribution in [3.05, 3.63) is 29.3 Å². The predicted molar refractivity (Wildman–Crippen MR) is 48.9 cm³/mol. The molecule has 12 heavy (non-hydrogen) atoms. The van der Waals surface area contributed by atoms with E-state index in [2.05, 4.69) is 11.8 Å². The number of hydrogen-bond acceptors (Lipinski definition) is 1. The van der Waals surface area contributed by atoms with Crippen LogP contribution >= 0.6 is 0 Å². The van der Waals surface area contributed by atoms with Gasteiger partial charge in [-0.2, -0.15) is 0 Å². The van der Waals surface area contributed by atoms with Crippen molar-refractivity contribution in [1.29, 1.82) is 0 Å². The SMILES string of the molecule is C#Cc1ccc(OC)cc1C#C. The van der Waals surface area contributed by atoms with Crippen molar-refractivity contribution < 1.29 is 4.74 Å². The van der Waals surface area contributed by atoms with Crippen LogP contribution < -0.4 is 4.74 Å².